The van der Waals surface area contributed by atoms with Crippen molar-refractivity contribution in [2.24, 2.45) is 0 Å². The molecule has 0 bridgehead atoms. The van der Waals surface area contributed by atoms with E-state index in [9.17, 15) is 5.11 Å². The number of nitrogens with zero attached hydrogens (tertiary/aromatic N) is 2. The highest BCUT2D eigenvalue weighted by Crippen LogP contribution is 2.30. The van der Waals surface area contributed by atoms with Crippen LogP contribution in [0.5, 0.6) is 5.75 Å². The van der Waals surface area contributed by atoms with Crippen molar-refractivity contribution in [3.05, 3.63) is 60.0 Å². The summed E-state index contributed by atoms with van der Waals surface area (Å²) < 4.78 is 11.7. The van der Waals surface area contributed by atoms with E-state index >= 15 is 0 Å². The topological polar surface area (TPSA) is 58.7 Å². The van der Waals surface area contributed by atoms with Gasteiger partial charge in [0, 0.05) is 12.5 Å². The Morgan fingerprint density at radius 2 is 1.80 bits per heavy atom. The predicted octanol–water partition coefficient (Wildman–Crippen LogP) is 4.74. The van der Waals surface area contributed by atoms with E-state index in [-0.39, 0.29) is 5.41 Å². The molecule has 1 atom stereocenters. The predicted molar refractivity (Wildman–Crippen MR) is 119 cm³/mol. The summed E-state index contributed by atoms with van der Waals surface area (Å²) in [7, 11) is 0. The van der Waals surface area contributed by atoms with Crippen LogP contribution in [0.3, 0.4) is 0 Å². The molecule has 1 aromatic heterocycles. The highest BCUT2D eigenvalue weighted by molar-refractivity contribution is 5.72. The number of benzene rings is 2. The van der Waals surface area contributed by atoms with Crippen LogP contribution in [-0.4, -0.2) is 47.3 Å². The van der Waals surface area contributed by atoms with Crippen molar-refractivity contribution in [3.8, 4) is 5.75 Å². The van der Waals surface area contributed by atoms with Crippen LogP contribution in [0.2, 0.25) is 0 Å². The van der Waals surface area contributed by atoms with Gasteiger partial charge in [0.25, 0.3) is 0 Å². The first-order chi connectivity index (χ1) is 14.4. The lowest BCUT2D eigenvalue weighted by molar-refractivity contribution is 0.0583. The van der Waals surface area contributed by atoms with Crippen molar-refractivity contribution < 1.29 is 14.3 Å². The molecule has 1 unspecified atom stereocenters. The molecule has 1 N–H and O–H groups in total. The molecule has 4 rings (SSSR count). The minimum atomic E-state index is -0.506. The number of ether oxygens (including phenoxy) is 1. The number of para-hydroxylation sites is 2. The molecule has 30 heavy (non-hydrogen) atoms. The van der Waals surface area contributed by atoms with E-state index < -0.39 is 6.10 Å². The van der Waals surface area contributed by atoms with Gasteiger partial charge in [-0.25, -0.2) is 4.98 Å². The Labute approximate surface area is 178 Å². The van der Waals surface area contributed by atoms with Gasteiger partial charge in [-0.3, -0.25) is 0 Å². The quantitative estimate of drug-likeness (QED) is 0.638. The maximum Gasteiger partial charge on any atom is 0.198 e. The highest BCUT2D eigenvalue weighted by Gasteiger charge is 2.25. The first-order valence-electron chi connectivity index (χ1n) is 10.9. The van der Waals surface area contributed by atoms with E-state index in [0.717, 1.165) is 48.7 Å². The third-order valence-corrected chi connectivity index (χ3v) is 5.88. The molecule has 0 amide bonds. The zero-order valence-corrected chi connectivity index (χ0v) is 18.2. The molecule has 5 heteroatoms. The summed E-state index contributed by atoms with van der Waals surface area (Å²) in [5.41, 5.74) is 3.19. The molecule has 2 aromatic carbocycles. The Morgan fingerprint density at radius 3 is 2.47 bits per heavy atom. The maximum atomic E-state index is 10.4. The van der Waals surface area contributed by atoms with Crippen LogP contribution >= 0.6 is 0 Å². The largest absolute Gasteiger partial charge is 0.491 e. The fraction of sp³-hybridized carbons (Fsp3) is 0.480. The summed E-state index contributed by atoms with van der Waals surface area (Å²) in [4.78, 5) is 6.95. The number of rotatable bonds is 6. The summed E-state index contributed by atoms with van der Waals surface area (Å²) in [6, 6.07) is 16.1. The van der Waals surface area contributed by atoms with Gasteiger partial charge in [-0.15, -0.1) is 0 Å². The van der Waals surface area contributed by atoms with Gasteiger partial charge in [-0.05, 0) is 61.2 Å². The van der Waals surface area contributed by atoms with Crippen molar-refractivity contribution in [3.63, 3.8) is 0 Å². The third-order valence-electron chi connectivity index (χ3n) is 5.88. The molecular formula is C25H32N2O3. The van der Waals surface area contributed by atoms with Gasteiger partial charge in [0.1, 0.15) is 24.0 Å². The summed E-state index contributed by atoms with van der Waals surface area (Å²) in [6.07, 6.45) is 1.48. The Balaban J connectivity index is 1.22. The summed E-state index contributed by atoms with van der Waals surface area (Å²) >= 11 is 0. The molecule has 0 aliphatic carbocycles. The molecule has 2 heterocycles. The lowest BCUT2D eigenvalue weighted by Gasteiger charge is -2.31. The number of hydrogen-bond donors (Lipinski definition) is 1. The molecule has 1 aliphatic rings. The van der Waals surface area contributed by atoms with E-state index in [2.05, 4.69) is 42.8 Å². The molecule has 0 saturated carbocycles. The van der Waals surface area contributed by atoms with Gasteiger partial charge in [-0.1, -0.05) is 45.0 Å². The van der Waals surface area contributed by atoms with E-state index in [4.69, 9.17) is 9.15 Å². The summed E-state index contributed by atoms with van der Waals surface area (Å²) in [5.74, 6) is 2.00. The minimum absolute atomic E-state index is 0.127. The van der Waals surface area contributed by atoms with Crippen LogP contribution in [0.1, 0.15) is 51.0 Å². The Kier molecular flexibility index (Phi) is 6.11. The molecule has 0 radical (unpaired) electrons. The Hall–Kier alpha value is -2.37. The van der Waals surface area contributed by atoms with E-state index in [0.29, 0.717) is 19.1 Å². The second-order valence-corrected chi connectivity index (χ2v) is 9.33. The normalized spacial score (nSPS) is 17.3. The van der Waals surface area contributed by atoms with E-state index in [1.165, 1.54) is 5.56 Å². The zero-order valence-electron chi connectivity index (χ0n) is 18.2. The number of oxazole rings is 1. The van der Waals surface area contributed by atoms with Crippen molar-refractivity contribution in [1.29, 1.82) is 0 Å². The maximum absolute atomic E-state index is 10.4. The molecule has 1 aliphatic heterocycles. The third kappa shape index (κ3) is 5.02. The second kappa shape index (κ2) is 8.78. The van der Waals surface area contributed by atoms with Gasteiger partial charge in [0.15, 0.2) is 11.5 Å². The first-order valence-corrected chi connectivity index (χ1v) is 10.9. The second-order valence-electron chi connectivity index (χ2n) is 9.33. The van der Waals surface area contributed by atoms with Crippen molar-refractivity contribution in [2.75, 3.05) is 26.2 Å². The SMILES string of the molecule is CC(C)(C)c1ccc(OCC(O)CN2CCC(c3nc4ccccc4o3)CC2)cc1. The van der Waals surface area contributed by atoms with Gasteiger partial charge >= 0.3 is 0 Å². The summed E-state index contributed by atoms with van der Waals surface area (Å²) in [6.45, 7) is 9.38. The standard InChI is InChI=1S/C25H32N2O3/c1-25(2,3)19-8-10-21(11-9-19)29-17-20(28)16-27-14-12-18(13-15-27)24-26-22-6-4-5-7-23(22)30-24/h4-11,18,20,28H,12-17H2,1-3H3. The van der Waals surface area contributed by atoms with Crippen LogP contribution in [0.15, 0.2) is 52.9 Å². The number of likely N-dealkylation sites (tertiary alicyclic amines) is 1. The number of β-amino-alcohol motifs (C(OH)–C–C–N with tert-alkyl or cyclic N) is 1. The lowest BCUT2D eigenvalue weighted by atomic mass is 9.87. The molecule has 160 valence electrons. The molecule has 3 aromatic rings. The number of piperidine rings is 1. The van der Waals surface area contributed by atoms with Crippen LogP contribution < -0.4 is 4.74 Å². The van der Waals surface area contributed by atoms with Crippen molar-refractivity contribution in [2.45, 2.75) is 51.0 Å². The minimum Gasteiger partial charge on any atom is -0.491 e. The monoisotopic (exact) mass is 408 g/mol. The summed E-state index contributed by atoms with van der Waals surface area (Å²) in [5, 5.41) is 10.4. The Morgan fingerprint density at radius 1 is 1.10 bits per heavy atom. The smallest absolute Gasteiger partial charge is 0.198 e. The van der Waals surface area contributed by atoms with Crippen LogP contribution in [0.25, 0.3) is 11.1 Å². The van der Waals surface area contributed by atoms with Gasteiger partial charge in [0.05, 0.1) is 0 Å². The van der Waals surface area contributed by atoms with Crippen molar-refractivity contribution >= 4 is 11.1 Å². The number of hydrogen-bond acceptors (Lipinski definition) is 5. The van der Waals surface area contributed by atoms with Crippen molar-refractivity contribution in [1.82, 2.24) is 9.88 Å². The van der Waals surface area contributed by atoms with E-state index in [1.807, 2.05) is 36.4 Å². The van der Waals surface area contributed by atoms with Gasteiger partial charge in [-0.2, -0.15) is 0 Å². The fourth-order valence-corrected chi connectivity index (χ4v) is 4.02. The molecule has 1 fully saturated rings. The molecule has 5 nitrogen and oxygen atoms in total. The number of fused-ring (bicyclic) bond motifs is 1. The number of aromatic nitrogens is 1. The highest BCUT2D eigenvalue weighted by atomic mass is 16.5. The van der Waals surface area contributed by atoms with Gasteiger partial charge < -0.3 is 19.2 Å². The Bertz CT molecular complexity index is 917. The van der Waals surface area contributed by atoms with Gasteiger partial charge in [0.2, 0.25) is 0 Å². The molecule has 0 spiro atoms. The average Bonchev–Trinajstić information content (AvgIpc) is 3.17. The molecular weight excluding hydrogens is 376 g/mol. The zero-order chi connectivity index (χ0) is 21.1. The first kappa shape index (κ1) is 20.9. The average molecular weight is 409 g/mol. The van der Waals surface area contributed by atoms with E-state index in [1.54, 1.807) is 0 Å². The number of aliphatic hydroxyl groups excluding tert-OH is 1. The van der Waals surface area contributed by atoms with Crippen LogP contribution in [-0.2, 0) is 5.41 Å². The molecule has 1 saturated heterocycles. The number of aliphatic hydroxyl groups is 1. The fourth-order valence-electron chi connectivity index (χ4n) is 4.02. The van der Waals surface area contributed by atoms with Crippen LogP contribution in [0, 0.1) is 0 Å². The lowest BCUT2D eigenvalue weighted by Crippen LogP contribution is -2.40. The van der Waals surface area contributed by atoms with Crippen LogP contribution in [0.4, 0.5) is 0 Å².